The molecule has 0 aliphatic rings. The third-order valence-electron chi connectivity index (χ3n) is 8.29. The first-order chi connectivity index (χ1) is 23.3. The quantitative estimate of drug-likeness (QED) is 0.114. The molecule has 9 heteroatoms. The number of thiazole rings is 1. The summed E-state index contributed by atoms with van der Waals surface area (Å²) in [5.74, 6) is 2.68. The van der Waals surface area contributed by atoms with Crippen molar-refractivity contribution >= 4 is 27.5 Å². The van der Waals surface area contributed by atoms with Crippen LogP contribution in [0.2, 0.25) is 0 Å². The minimum Gasteiger partial charge on any atom is -0.496 e. The van der Waals surface area contributed by atoms with Crippen LogP contribution in [0.3, 0.4) is 0 Å². The predicted octanol–water partition coefficient (Wildman–Crippen LogP) is 9.42. The number of fused-ring (bicyclic) bond motifs is 1. The molecule has 0 bridgehead atoms. The number of rotatable bonds is 13. The summed E-state index contributed by atoms with van der Waals surface area (Å²) in [6, 6.07) is 27.9. The zero-order valence-electron chi connectivity index (χ0n) is 27.9. The summed E-state index contributed by atoms with van der Waals surface area (Å²) in [5, 5.41) is 5.65. The standard InChI is InChI=1S/C39H39N3O5S/c1-25-20-30(23-36(45-5)26(25)2)33-24-34(42(41-33)27(3)43)28-16-17-35(44-4)37(22-28)47-19-10-6-9-18-46-31-13-11-12-29(21-31)39-40-32-14-7-8-15-38(32)48-39/h7-8,11-17,20-24H,6,9-10,18-19H2,1-5H3. The highest BCUT2D eigenvalue weighted by molar-refractivity contribution is 7.21. The van der Waals surface area contributed by atoms with E-state index in [1.807, 2.05) is 74.5 Å². The second kappa shape index (κ2) is 14.7. The Bertz CT molecular complexity index is 2030. The highest BCUT2D eigenvalue weighted by Crippen LogP contribution is 2.36. The van der Waals surface area contributed by atoms with Crippen LogP contribution in [0, 0.1) is 13.8 Å². The zero-order valence-corrected chi connectivity index (χ0v) is 28.7. The number of carbonyl (C=O) groups is 1. The van der Waals surface area contributed by atoms with Crippen molar-refractivity contribution < 1.29 is 23.7 Å². The van der Waals surface area contributed by atoms with E-state index >= 15 is 0 Å². The number of nitrogens with zero attached hydrogens (tertiary/aromatic N) is 3. The Morgan fingerprint density at radius 2 is 1.52 bits per heavy atom. The molecule has 48 heavy (non-hydrogen) atoms. The lowest BCUT2D eigenvalue weighted by Gasteiger charge is -2.13. The lowest BCUT2D eigenvalue weighted by Crippen LogP contribution is -2.09. The molecule has 0 fully saturated rings. The van der Waals surface area contributed by atoms with E-state index in [-0.39, 0.29) is 5.91 Å². The lowest BCUT2D eigenvalue weighted by molar-refractivity contribution is 0.0923. The van der Waals surface area contributed by atoms with Crippen LogP contribution in [-0.4, -0.2) is 48.1 Å². The Kier molecular flexibility index (Phi) is 10.1. The minimum absolute atomic E-state index is 0.184. The van der Waals surface area contributed by atoms with Gasteiger partial charge in [0.25, 0.3) is 0 Å². The molecule has 4 aromatic carbocycles. The van der Waals surface area contributed by atoms with Gasteiger partial charge in [-0.1, -0.05) is 24.3 Å². The van der Waals surface area contributed by atoms with Crippen molar-refractivity contribution in [3.05, 3.63) is 96.1 Å². The number of aryl methyl sites for hydroxylation is 1. The van der Waals surface area contributed by atoms with Gasteiger partial charge in [0, 0.05) is 23.6 Å². The summed E-state index contributed by atoms with van der Waals surface area (Å²) in [7, 11) is 3.28. The molecule has 0 aliphatic carbocycles. The van der Waals surface area contributed by atoms with Crippen molar-refractivity contribution in [2.75, 3.05) is 27.4 Å². The maximum absolute atomic E-state index is 12.6. The molecular weight excluding hydrogens is 623 g/mol. The summed E-state index contributed by atoms with van der Waals surface area (Å²) in [6.45, 7) is 6.70. The predicted molar refractivity (Wildman–Crippen MR) is 192 cm³/mol. The third kappa shape index (κ3) is 7.21. The molecule has 0 spiro atoms. The van der Waals surface area contributed by atoms with Gasteiger partial charge in [0.05, 0.1) is 49.0 Å². The number of methoxy groups -OCH3 is 2. The van der Waals surface area contributed by atoms with E-state index in [1.165, 1.54) is 16.3 Å². The normalized spacial score (nSPS) is 11.1. The fraction of sp³-hybridized carbons (Fsp3) is 0.256. The molecule has 2 aromatic heterocycles. The molecule has 0 aliphatic heterocycles. The van der Waals surface area contributed by atoms with Gasteiger partial charge in [0.2, 0.25) is 5.91 Å². The van der Waals surface area contributed by atoms with Crippen LogP contribution < -0.4 is 18.9 Å². The molecule has 0 saturated heterocycles. The molecule has 0 amide bonds. The smallest absolute Gasteiger partial charge is 0.244 e. The average Bonchev–Trinajstić information content (AvgIpc) is 3.75. The number of carbonyl (C=O) groups excluding carboxylic acids is 1. The summed E-state index contributed by atoms with van der Waals surface area (Å²) in [5.41, 5.74) is 7.28. The number of hydrogen-bond acceptors (Lipinski definition) is 8. The first-order valence-corrected chi connectivity index (χ1v) is 16.8. The number of hydrogen-bond donors (Lipinski definition) is 0. The van der Waals surface area contributed by atoms with Crippen molar-refractivity contribution in [2.45, 2.75) is 40.0 Å². The third-order valence-corrected chi connectivity index (χ3v) is 9.38. The molecule has 0 N–H and O–H groups in total. The van der Waals surface area contributed by atoms with E-state index < -0.39 is 0 Å². The number of aromatic nitrogens is 3. The van der Waals surface area contributed by atoms with Crippen molar-refractivity contribution in [1.29, 1.82) is 0 Å². The van der Waals surface area contributed by atoms with Crippen LogP contribution in [0.25, 0.3) is 43.3 Å². The first-order valence-electron chi connectivity index (χ1n) is 16.0. The van der Waals surface area contributed by atoms with Gasteiger partial charge in [-0.15, -0.1) is 11.3 Å². The minimum atomic E-state index is -0.184. The summed E-state index contributed by atoms with van der Waals surface area (Å²) >= 11 is 1.69. The maximum atomic E-state index is 12.6. The topological polar surface area (TPSA) is 84.7 Å². The second-order valence-corrected chi connectivity index (χ2v) is 12.6. The van der Waals surface area contributed by atoms with E-state index in [0.717, 1.165) is 69.1 Å². The molecule has 6 aromatic rings. The Hall–Kier alpha value is -5.15. The molecule has 246 valence electrons. The van der Waals surface area contributed by atoms with Crippen LogP contribution in [0.1, 0.15) is 42.1 Å². The number of ether oxygens (including phenoxy) is 4. The Morgan fingerprint density at radius 1 is 0.750 bits per heavy atom. The second-order valence-electron chi connectivity index (χ2n) is 11.6. The lowest BCUT2D eigenvalue weighted by atomic mass is 10.0. The van der Waals surface area contributed by atoms with Crippen LogP contribution >= 0.6 is 11.3 Å². The number of para-hydroxylation sites is 1. The zero-order chi connectivity index (χ0) is 33.6. The van der Waals surface area contributed by atoms with Gasteiger partial charge in [-0.3, -0.25) is 4.79 Å². The highest BCUT2D eigenvalue weighted by Gasteiger charge is 2.18. The van der Waals surface area contributed by atoms with Crippen molar-refractivity contribution in [2.24, 2.45) is 0 Å². The number of benzene rings is 4. The Morgan fingerprint density at radius 3 is 2.29 bits per heavy atom. The molecule has 0 radical (unpaired) electrons. The molecule has 0 saturated carbocycles. The van der Waals surface area contributed by atoms with Gasteiger partial charge in [0.15, 0.2) is 11.5 Å². The van der Waals surface area contributed by atoms with E-state index in [0.29, 0.717) is 36.1 Å². The molecule has 0 unspecified atom stereocenters. The average molecular weight is 662 g/mol. The van der Waals surface area contributed by atoms with E-state index in [4.69, 9.17) is 23.9 Å². The summed E-state index contributed by atoms with van der Waals surface area (Å²) in [4.78, 5) is 17.4. The fourth-order valence-electron chi connectivity index (χ4n) is 5.57. The van der Waals surface area contributed by atoms with Gasteiger partial charge >= 0.3 is 0 Å². The van der Waals surface area contributed by atoms with E-state index in [1.54, 1.807) is 25.6 Å². The molecule has 2 heterocycles. The largest absolute Gasteiger partial charge is 0.496 e. The van der Waals surface area contributed by atoms with Crippen molar-refractivity contribution in [1.82, 2.24) is 14.8 Å². The van der Waals surface area contributed by atoms with Crippen LogP contribution in [0.5, 0.6) is 23.0 Å². The van der Waals surface area contributed by atoms with E-state index in [2.05, 4.69) is 29.4 Å². The Balaban J connectivity index is 1.06. The van der Waals surface area contributed by atoms with Gasteiger partial charge in [-0.2, -0.15) is 9.78 Å². The summed E-state index contributed by atoms with van der Waals surface area (Å²) < 4.78 is 26.0. The molecule has 0 atom stereocenters. The van der Waals surface area contributed by atoms with Gasteiger partial charge < -0.3 is 18.9 Å². The van der Waals surface area contributed by atoms with Crippen LogP contribution in [-0.2, 0) is 0 Å². The SMILES string of the molecule is COc1ccc(-c2cc(-c3cc(C)c(C)c(OC)c3)nn2C(C)=O)cc1OCCCCCOc1cccc(-c2nc3ccccc3s2)c1. The highest BCUT2D eigenvalue weighted by atomic mass is 32.1. The Labute approximate surface area is 284 Å². The maximum Gasteiger partial charge on any atom is 0.244 e. The van der Waals surface area contributed by atoms with E-state index in [9.17, 15) is 4.79 Å². The molecular formula is C39H39N3O5S. The monoisotopic (exact) mass is 661 g/mol. The van der Waals surface area contributed by atoms with Gasteiger partial charge in [0.1, 0.15) is 16.5 Å². The van der Waals surface area contributed by atoms with Crippen LogP contribution in [0.15, 0.2) is 84.9 Å². The van der Waals surface area contributed by atoms with Crippen molar-refractivity contribution in [3.63, 3.8) is 0 Å². The fourth-order valence-corrected chi connectivity index (χ4v) is 6.53. The number of unbranched alkanes of at least 4 members (excludes halogenated alkanes) is 2. The first kappa shape index (κ1) is 32.8. The van der Waals surface area contributed by atoms with Crippen molar-refractivity contribution in [3.8, 4) is 56.1 Å². The van der Waals surface area contributed by atoms with Gasteiger partial charge in [-0.25, -0.2) is 4.98 Å². The molecule has 8 nitrogen and oxygen atoms in total. The molecule has 6 rings (SSSR count). The van der Waals surface area contributed by atoms with Gasteiger partial charge in [-0.05, 0) is 105 Å². The summed E-state index contributed by atoms with van der Waals surface area (Å²) in [6.07, 6.45) is 2.70. The van der Waals surface area contributed by atoms with Crippen LogP contribution in [0.4, 0.5) is 0 Å².